The molecule has 0 aliphatic rings. The van der Waals surface area contributed by atoms with Crippen LogP contribution in [-0.2, 0) is 16.4 Å². The fraction of sp³-hybridized carbons (Fsp3) is 0.200. The van der Waals surface area contributed by atoms with Crippen molar-refractivity contribution in [3.63, 3.8) is 0 Å². The molecule has 112 valence electrons. The second-order valence-electron chi connectivity index (χ2n) is 4.89. The number of phenolic OH excluding ortho intramolecular Hbond substituents is 2. The highest BCUT2D eigenvalue weighted by Crippen LogP contribution is 2.29. The number of para-hydroxylation sites is 1. The maximum absolute atomic E-state index is 11.6. The van der Waals surface area contributed by atoms with Gasteiger partial charge in [-0.05, 0) is 30.7 Å². The minimum Gasteiger partial charge on any atom is -0.504 e. The van der Waals surface area contributed by atoms with Crippen LogP contribution in [0.3, 0.4) is 0 Å². The van der Waals surface area contributed by atoms with Gasteiger partial charge >= 0.3 is 0 Å². The number of sulfone groups is 1. The number of phenols is 2. The summed E-state index contributed by atoms with van der Waals surface area (Å²) < 4.78 is 23.1. The quantitative estimate of drug-likeness (QED) is 0.755. The molecule has 0 atom stereocenters. The van der Waals surface area contributed by atoms with Crippen molar-refractivity contribution in [2.24, 2.45) is 0 Å². The number of nitrogens with one attached hydrogen (secondary N) is 1. The Morgan fingerprint density at radius 1 is 1.14 bits per heavy atom. The number of rotatable bonds is 4. The molecule has 0 fully saturated rings. The largest absolute Gasteiger partial charge is 0.504 e. The van der Waals surface area contributed by atoms with Crippen molar-refractivity contribution in [3.05, 3.63) is 47.5 Å². The number of aryl methyl sites for hydroxylation is 1. The standard InChI is InChI=1S/C15H17NO4S/c1-10-6-7-12(21(2,19)20)8-13(10)16-9-11-4-3-5-14(17)15(11)18/h3-8,16-18H,9H2,1-2H3. The number of benzene rings is 2. The molecule has 0 saturated carbocycles. The minimum atomic E-state index is -3.27. The highest BCUT2D eigenvalue weighted by Gasteiger charge is 2.10. The van der Waals surface area contributed by atoms with Gasteiger partial charge in [0, 0.05) is 24.1 Å². The second-order valence-corrected chi connectivity index (χ2v) is 6.90. The van der Waals surface area contributed by atoms with Crippen molar-refractivity contribution in [1.82, 2.24) is 0 Å². The second kappa shape index (κ2) is 5.65. The summed E-state index contributed by atoms with van der Waals surface area (Å²) in [5, 5.41) is 22.3. The van der Waals surface area contributed by atoms with E-state index in [9.17, 15) is 18.6 Å². The third-order valence-corrected chi connectivity index (χ3v) is 4.32. The third-order valence-electron chi connectivity index (χ3n) is 3.20. The minimum absolute atomic E-state index is 0.179. The summed E-state index contributed by atoms with van der Waals surface area (Å²) in [6, 6.07) is 9.55. The zero-order valence-electron chi connectivity index (χ0n) is 11.8. The lowest BCUT2D eigenvalue weighted by molar-refractivity contribution is 0.400. The molecule has 0 radical (unpaired) electrons. The van der Waals surface area contributed by atoms with Crippen LogP contribution in [0, 0.1) is 6.92 Å². The zero-order valence-corrected chi connectivity index (χ0v) is 12.6. The Kier molecular flexibility index (Phi) is 4.09. The summed E-state index contributed by atoms with van der Waals surface area (Å²) in [4.78, 5) is 0.232. The van der Waals surface area contributed by atoms with Crippen LogP contribution in [0.25, 0.3) is 0 Å². The maximum Gasteiger partial charge on any atom is 0.175 e. The van der Waals surface area contributed by atoms with Gasteiger partial charge in [0.2, 0.25) is 0 Å². The molecule has 0 saturated heterocycles. The van der Waals surface area contributed by atoms with Crippen molar-refractivity contribution in [1.29, 1.82) is 0 Å². The molecular formula is C15H17NO4S. The molecule has 0 aliphatic heterocycles. The van der Waals surface area contributed by atoms with Crippen LogP contribution >= 0.6 is 0 Å². The molecule has 3 N–H and O–H groups in total. The molecule has 0 heterocycles. The first-order valence-electron chi connectivity index (χ1n) is 6.33. The predicted octanol–water partition coefficient (Wildman–Crippen LogP) is 2.42. The lowest BCUT2D eigenvalue weighted by Crippen LogP contribution is -2.04. The Morgan fingerprint density at radius 2 is 1.86 bits per heavy atom. The van der Waals surface area contributed by atoms with Crippen molar-refractivity contribution in [2.75, 3.05) is 11.6 Å². The zero-order chi connectivity index (χ0) is 15.6. The summed E-state index contributed by atoms with van der Waals surface area (Å²) in [6.45, 7) is 2.13. The van der Waals surface area contributed by atoms with E-state index in [1.165, 1.54) is 6.07 Å². The molecule has 5 nitrogen and oxygen atoms in total. The molecule has 0 amide bonds. The first kappa shape index (κ1) is 15.2. The first-order chi connectivity index (χ1) is 9.79. The summed E-state index contributed by atoms with van der Waals surface area (Å²) in [7, 11) is -3.27. The van der Waals surface area contributed by atoms with Crippen LogP contribution in [0.1, 0.15) is 11.1 Å². The van der Waals surface area contributed by atoms with E-state index in [-0.39, 0.29) is 22.9 Å². The van der Waals surface area contributed by atoms with E-state index >= 15 is 0 Å². The summed E-state index contributed by atoms with van der Waals surface area (Å²) >= 11 is 0. The molecule has 2 aromatic rings. The van der Waals surface area contributed by atoms with Gasteiger partial charge in [-0.3, -0.25) is 0 Å². The fourth-order valence-corrected chi connectivity index (χ4v) is 2.58. The molecule has 0 spiro atoms. The van der Waals surface area contributed by atoms with Gasteiger partial charge in [0.05, 0.1) is 4.90 Å². The van der Waals surface area contributed by atoms with Gasteiger partial charge in [0.15, 0.2) is 21.3 Å². The summed E-state index contributed by atoms with van der Waals surface area (Å²) in [5.41, 5.74) is 2.09. The number of hydrogen-bond acceptors (Lipinski definition) is 5. The molecular weight excluding hydrogens is 290 g/mol. The maximum atomic E-state index is 11.6. The normalized spacial score (nSPS) is 11.3. The van der Waals surface area contributed by atoms with E-state index in [0.29, 0.717) is 11.3 Å². The molecule has 6 heteroatoms. The number of aromatic hydroxyl groups is 2. The van der Waals surface area contributed by atoms with Gasteiger partial charge in [-0.1, -0.05) is 18.2 Å². The van der Waals surface area contributed by atoms with Crippen LogP contribution < -0.4 is 5.32 Å². The predicted molar refractivity (Wildman–Crippen MR) is 81.4 cm³/mol. The number of anilines is 1. The van der Waals surface area contributed by atoms with Gasteiger partial charge < -0.3 is 15.5 Å². The monoisotopic (exact) mass is 307 g/mol. The first-order valence-corrected chi connectivity index (χ1v) is 8.22. The van der Waals surface area contributed by atoms with Crippen LogP contribution in [0.2, 0.25) is 0 Å². The van der Waals surface area contributed by atoms with Crippen molar-refractivity contribution >= 4 is 15.5 Å². The highest BCUT2D eigenvalue weighted by atomic mass is 32.2. The fourth-order valence-electron chi connectivity index (χ4n) is 1.93. The van der Waals surface area contributed by atoms with Crippen LogP contribution in [0.4, 0.5) is 5.69 Å². The van der Waals surface area contributed by atoms with Crippen molar-refractivity contribution < 1.29 is 18.6 Å². The van der Waals surface area contributed by atoms with Gasteiger partial charge in [0.25, 0.3) is 0 Å². The van der Waals surface area contributed by atoms with Crippen LogP contribution in [-0.4, -0.2) is 24.9 Å². The lowest BCUT2D eigenvalue weighted by Gasteiger charge is -2.12. The molecule has 0 aromatic heterocycles. The van der Waals surface area contributed by atoms with Crippen LogP contribution in [0.15, 0.2) is 41.3 Å². The van der Waals surface area contributed by atoms with Gasteiger partial charge in [0.1, 0.15) is 0 Å². The van der Waals surface area contributed by atoms with Crippen molar-refractivity contribution in [3.8, 4) is 11.5 Å². The van der Waals surface area contributed by atoms with Gasteiger partial charge in [-0.15, -0.1) is 0 Å². The molecule has 2 rings (SSSR count). The smallest absolute Gasteiger partial charge is 0.175 e. The Morgan fingerprint density at radius 3 is 2.52 bits per heavy atom. The van der Waals surface area contributed by atoms with E-state index in [2.05, 4.69) is 5.32 Å². The summed E-state index contributed by atoms with van der Waals surface area (Å²) in [6.07, 6.45) is 1.16. The van der Waals surface area contributed by atoms with Gasteiger partial charge in [-0.25, -0.2) is 8.42 Å². The average molecular weight is 307 g/mol. The van der Waals surface area contributed by atoms with Crippen molar-refractivity contribution in [2.45, 2.75) is 18.4 Å². The molecule has 0 unspecified atom stereocenters. The van der Waals surface area contributed by atoms with E-state index < -0.39 is 9.84 Å². The molecule has 0 aliphatic carbocycles. The SMILES string of the molecule is Cc1ccc(S(C)(=O)=O)cc1NCc1cccc(O)c1O. The Balaban J connectivity index is 2.26. The molecule has 0 bridgehead atoms. The Bertz CT molecular complexity index is 769. The number of hydrogen-bond donors (Lipinski definition) is 3. The Labute approximate surface area is 123 Å². The average Bonchev–Trinajstić information content (AvgIpc) is 2.40. The molecule has 21 heavy (non-hydrogen) atoms. The Hall–Kier alpha value is -2.21. The van der Waals surface area contributed by atoms with E-state index in [1.54, 1.807) is 30.3 Å². The van der Waals surface area contributed by atoms with E-state index in [1.807, 2.05) is 6.92 Å². The topological polar surface area (TPSA) is 86.6 Å². The van der Waals surface area contributed by atoms with Crippen LogP contribution in [0.5, 0.6) is 11.5 Å². The summed E-state index contributed by atoms with van der Waals surface area (Å²) in [5.74, 6) is -0.363. The highest BCUT2D eigenvalue weighted by molar-refractivity contribution is 7.90. The van der Waals surface area contributed by atoms with Gasteiger partial charge in [-0.2, -0.15) is 0 Å². The van der Waals surface area contributed by atoms with E-state index in [4.69, 9.17) is 0 Å². The van der Waals surface area contributed by atoms with E-state index in [0.717, 1.165) is 11.8 Å². The third kappa shape index (κ3) is 3.46. The lowest BCUT2D eigenvalue weighted by atomic mass is 10.1. The molecule has 2 aromatic carbocycles.